The van der Waals surface area contributed by atoms with Gasteiger partial charge in [0.25, 0.3) is 11.5 Å². The van der Waals surface area contributed by atoms with Crippen molar-refractivity contribution in [2.24, 2.45) is 0 Å². The number of carboxylic acids is 1. The monoisotopic (exact) mass is 457 g/mol. The van der Waals surface area contributed by atoms with Crippen LogP contribution < -0.4 is 10.9 Å². The van der Waals surface area contributed by atoms with E-state index in [0.717, 1.165) is 0 Å². The lowest BCUT2D eigenvalue weighted by molar-refractivity contribution is 0.0689. The molecule has 8 nitrogen and oxygen atoms in total. The van der Waals surface area contributed by atoms with Gasteiger partial charge in [0.15, 0.2) is 0 Å². The quantitative estimate of drug-likeness (QED) is 0.380. The third kappa shape index (κ3) is 2.73. The molecule has 4 heterocycles. The highest BCUT2D eigenvalue weighted by atomic mass is 19.1. The number of carbonyl (C=O) groups excluding carboxylic acids is 1. The largest absolute Gasteiger partial charge is 0.477 e. The normalized spacial score (nSPS) is 13.3. The summed E-state index contributed by atoms with van der Waals surface area (Å²) in [7, 11) is 0. The lowest BCUT2D eigenvalue weighted by atomic mass is 9.99. The van der Waals surface area contributed by atoms with Gasteiger partial charge in [-0.2, -0.15) is 0 Å². The molecule has 168 valence electrons. The fourth-order valence-corrected chi connectivity index (χ4v) is 4.73. The third-order valence-electron chi connectivity index (χ3n) is 6.18. The number of aromatic carboxylic acids is 1. The van der Waals surface area contributed by atoms with Crippen molar-refractivity contribution in [2.45, 2.75) is 6.42 Å². The molecule has 34 heavy (non-hydrogen) atoms. The van der Waals surface area contributed by atoms with Gasteiger partial charge in [0.2, 0.25) is 0 Å². The van der Waals surface area contributed by atoms with Crippen LogP contribution in [0.25, 0.3) is 38.7 Å². The molecule has 0 saturated heterocycles. The van der Waals surface area contributed by atoms with E-state index in [1.807, 2.05) is 0 Å². The lowest BCUT2D eigenvalue weighted by Gasteiger charge is -2.19. The Morgan fingerprint density at radius 1 is 1.12 bits per heavy atom. The van der Waals surface area contributed by atoms with Gasteiger partial charge in [0.05, 0.1) is 28.4 Å². The summed E-state index contributed by atoms with van der Waals surface area (Å²) in [5.41, 5.74) is 0.799. The van der Waals surface area contributed by atoms with Crippen molar-refractivity contribution in [3.05, 3.63) is 87.9 Å². The van der Waals surface area contributed by atoms with Gasteiger partial charge in [-0.1, -0.05) is 0 Å². The molecule has 0 saturated carbocycles. The number of rotatable bonds is 3. The molecular formula is C25H16FN3O5. The van der Waals surface area contributed by atoms with Gasteiger partial charge >= 0.3 is 5.97 Å². The van der Waals surface area contributed by atoms with Crippen molar-refractivity contribution in [1.82, 2.24) is 14.9 Å². The minimum Gasteiger partial charge on any atom is -0.477 e. The van der Waals surface area contributed by atoms with Crippen molar-refractivity contribution in [3.63, 3.8) is 0 Å². The van der Waals surface area contributed by atoms with Gasteiger partial charge in [0.1, 0.15) is 17.1 Å². The number of benzene rings is 2. The first kappa shape index (κ1) is 20.0. The van der Waals surface area contributed by atoms with Gasteiger partial charge in [-0.05, 0) is 54.4 Å². The van der Waals surface area contributed by atoms with Crippen LogP contribution in [0.5, 0.6) is 0 Å². The molecule has 9 heteroatoms. The molecule has 3 aromatic heterocycles. The Morgan fingerprint density at radius 3 is 2.76 bits per heavy atom. The number of hydrogen-bond donors (Lipinski definition) is 3. The van der Waals surface area contributed by atoms with Crippen molar-refractivity contribution in [3.8, 4) is 16.8 Å². The Kier molecular flexibility index (Phi) is 4.22. The highest BCUT2D eigenvalue weighted by molar-refractivity contribution is 6.17. The SMILES string of the molecule is O=C1NCCc2cc(F)c(-n3c(C(=O)O)c(-c4ccc[nH]c4=O)c4c5occc5ccc43)cc21. The number of aromatic amines is 1. The highest BCUT2D eigenvalue weighted by Crippen LogP contribution is 2.41. The molecule has 1 aliphatic rings. The summed E-state index contributed by atoms with van der Waals surface area (Å²) in [6.07, 6.45) is 3.37. The first-order valence-electron chi connectivity index (χ1n) is 10.5. The van der Waals surface area contributed by atoms with Crippen molar-refractivity contribution in [1.29, 1.82) is 0 Å². The lowest BCUT2D eigenvalue weighted by Crippen LogP contribution is -2.32. The van der Waals surface area contributed by atoms with Crippen LogP contribution >= 0.6 is 0 Å². The van der Waals surface area contributed by atoms with E-state index in [-0.39, 0.29) is 34.0 Å². The van der Waals surface area contributed by atoms with Crippen LogP contribution in [0.15, 0.2) is 64.1 Å². The van der Waals surface area contributed by atoms with E-state index in [9.17, 15) is 19.5 Å². The number of carboxylic acid groups (broad SMARTS) is 1. The predicted molar refractivity (Wildman–Crippen MR) is 122 cm³/mol. The van der Waals surface area contributed by atoms with Crippen molar-refractivity contribution in [2.75, 3.05) is 6.54 Å². The molecule has 0 fully saturated rings. The Balaban J connectivity index is 1.82. The summed E-state index contributed by atoms with van der Waals surface area (Å²) in [4.78, 5) is 40.4. The van der Waals surface area contributed by atoms with E-state index in [2.05, 4.69) is 10.3 Å². The van der Waals surface area contributed by atoms with Gasteiger partial charge in [-0.3, -0.25) is 14.2 Å². The van der Waals surface area contributed by atoms with Crippen LogP contribution in [0.4, 0.5) is 4.39 Å². The minimum absolute atomic E-state index is 0.101. The molecule has 2 aromatic carbocycles. The molecule has 5 aromatic rings. The summed E-state index contributed by atoms with van der Waals surface area (Å²) < 4.78 is 22.4. The Morgan fingerprint density at radius 2 is 1.97 bits per heavy atom. The van der Waals surface area contributed by atoms with E-state index < -0.39 is 17.3 Å². The predicted octanol–water partition coefficient (Wildman–Crippen LogP) is 3.86. The number of nitrogens with one attached hydrogen (secondary N) is 2. The molecule has 0 aliphatic carbocycles. The van der Waals surface area contributed by atoms with Crippen LogP contribution in [-0.4, -0.2) is 33.1 Å². The zero-order chi connectivity index (χ0) is 23.6. The topological polar surface area (TPSA) is 117 Å². The highest BCUT2D eigenvalue weighted by Gasteiger charge is 2.30. The number of carbonyl (C=O) groups is 2. The molecule has 0 bridgehead atoms. The first-order chi connectivity index (χ1) is 16.5. The van der Waals surface area contributed by atoms with Crippen molar-refractivity contribution >= 4 is 33.7 Å². The number of nitrogens with zero attached hydrogens (tertiary/aromatic N) is 1. The number of halogens is 1. The third-order valence-corrected chi connectivity index (χ3v) is 6.18. The molecule has 1 amide bonds. The average Bonchev–Trinajstić information content (AvgIpc) is 3.41. The number of fused-ring (bicyclic) bond motifs is 4. The average molecular weight is 457 g/mol. The fraction of sp³-hybridized carbons (Fsp3) is 0.0800. The molecule has 0 unspecified atom stereocenters. The number of pyridine rings is 1. The summed E-state index contributed by atoms with van der Waals surface area (Å²) in [6.45, 7) is 0.398. The standard InChI is InChI=1S/C25H16FN3O5/c26-16-10-13-5-8-28-24(31)15(13)11-18(16)29-17-4-3-12-6-9-34-22(12)20(17)19(21(29)25(32)33)14-2-1-7-27-23(14)30/h1-4,6-7,9-11H,5,8H2,(H,27,30)(H,28,31)(H,32,33). The van der Waals surface area contributed by atoms with Gasteiger partial charge < -0.3 is 19.8 Å². The summed E-state index contributed by atoms with van der Waals surface area (Å²) in [6, 6.07) is 10.8. The summed E-state index contributed by atoms with van der Waals surface area (Å²) >= 11 is 0. The smallest absolute Gasteiger partial charge is 0.353 e. The van der Waals surface area contributed by atoms with Crippen LogP contribution in [0, 0.1) is 5.82 Å². The van der Waals surface area contributed by atoms with Gasteiger partial charge in [-0.25, -0.2) is 9.18 Å². The van der Waals surface area contributed by atoms with Crippen molar-refractivity contribution < 1.29 is 23.5 Å². The molecule has 3 N–H and O–H groups in total. The fourth-order valence-electron chi connectivity index (χ4n) is 4.73. The second-order valence-electron chi connectivity index (χ2n) is 8.04. The molecule has 0 atom stereocenters. The second-order valence-corrected chi connectivity index (χ2v) is 8.04. The van der Waals surface area contributed by atoms with E-state index in [0.29, 0.717) is 40.4 Å². The molecular weight excluding hydrogens is 441 g/mol. The second kappa shape index (κ2) is 7.17. The van der Waals surface area contributed by atoms with Crippen LogP contribution in [-0.2, 0) is 6.42 Å². The number of aromatic nitrogens is 2. The molecule has 1 aliphatic heterocycles. The zero-order valence-electron chi connectivity index (χ0n) is 17.5. The maximum absolute atomic E-state index is 15.5. The molecule has 0 spiro atoms. The Labute approximate surface area is 190 Å². The van der Waals surface area contributed by atoms with Crippen LogP contribution in [0.3, 0.4) is 0 Å². The van der Waals surface area contributed by atoms with Crippen LogP contribution in [0.2, 0.25) is 0 Å². The van der Waals surface area contributed by atoms with E-state index in [1.54, 1.807) is 24.3 Å². The Hall–Kier alpha value is -4.66. The van der Waals surface area contributed by atoms with Gasteiger partial charge in [0, 0.05) is 29.3 Å². The van der Waals surface area contributed by atoms with Crippen LogP contribution in [0.1, 0.15) is 26.4 Å². The maximum atomic E-state index is 15.5. The molecule has 6 rings (SSSR count). The molecule has 0 radical (unpaired) electrons. The van der Waals surface area contributed by atoms with E-state index in [1.165, 1.54) is 35.2 Å². The number of furan rings is 1. The summed E-state index contributed by atoms with van der Waals surface area (Å²) in [5.74, 6) is -2.40. The zero-order valence-corrected chi connectivity index (χ0v) is 17.5. The maximum Gasteiger partial charge on any atom is 0.353 e. The van der Waals surface area contributed by atoms with Gasteiger partial charge in [-0.15, -0.1) is 0 Å². The first-order valence-corrected chi connectivity index (χ1v) is 10.5. The summed E-state index contributed by atoms with van der Waals surface area (Å²) in [5, 5.41) is 14.1. The van der Waals surface area contributed by atoms with E-state index >= 15 is 4.39 Å². The number of hydrogen-bond acceptors (Lipinski definition) is 4. The number of amides is 1. The number of H-pyrrole nitrogens is 1. The van der Waals surface area contributed by atoms with E-state index in [4.69, 9.17) is 4.42 Å². The Bertz CT molecular complexity index is 1730. The minimum atomic E-state index is -1.37.